The lowest BCUT2D eigenvalue weighted by molar-refractivity contribution is -0.128. The number of rotatable bonds is 4. The number of nitrogens with two attached hydrogens (primary N) is 1. The van der Waals surface area contributed by atoms with Crippen LogP contribution in [0.4, 0.5) is 0 Å². The molecule has 1 atom stereocenters. The average molecular weight is 429 g/mol. The third-order valence-electron chi connectivity index (χ3n) is 5.88. The van der Waals surface area contributed by atoms with Crippen LogP contribution in [-0.4, -0.2) is 50.2 Å². The number of fused-ring (bicyclic) bond motifs is 1. The number of sulfonamides is 1. The molecule has 1 aromatic rings. The number of amidine groups is 1. The zero-order valence-electron chi connectivity index (χ0n) is 16.5. The first kappa shape index (κ1) is 22.6. The minimum atomic E-state index is -3.62. The van der Waals surface area contributed by atoms with Gasteiger partial charge in [0.1, 0.15) is 4.90 Å². The Labute approximate surface area is 173 Å². The number of amides is 1. The molecule has 3 N–H and O–H groups in total. The number of likely N-dealkylation sites (tertiary alicyclic amines) is 1. The highest BCUT2D eigenvalue weighted by Gasteiger charge is 2.36. The predicted molar refractivity (Wildman–Crippen MR) is 112 cm³/mol. The predicted octanol–water partition coefficient (Wildman–Crippen LogP) is 1.76. The Bertz CT molecular complexity index is 864. The van der Waals surface area contributed by atoms with Gasteiger partial charge >= 0.3 is 0 Å². The van der Waals surface area contributed by atoms with Crippen LogP contribution in [0.25, 0.3) is 0 Å². The smallest absolute Gasteiger partial charge is 0.285 e. The lowest BCUT2D eigenvalue weighted by atomic mass is 9.86. The van der Waals surface area contributed by atoms with Crippen molar-refractivity contribution >= 4 is 34.2 Å². The Balaban J connectivity index is 0.00000280. The van der Waals surface area contributed by atoms with E-state index in [0.29, 0.717) is 43.9 Å². The van der Waals surface area contributed by atoms with Crippen LogP contribution in [0.3, 0.4) is 0 Å². The minimum absolute atomic E-state index is 0. The number of hydrogen-bond donors (Lipinski definition) is 2. The summed E-state index contributed by atoms with van der Waals surface area (Å²) in [6.07, 6.45) is 1.32. The fourth-order valence-corrected chi connectivity index (χ4v) is 4.71. The maximum Gasteiger partial charge on any atom is 0.285 e. The largest absolute Gasteiger partial charge is 0.355 e. The van der Waals surface area contributed by atoms with Gasteiger partial charge in [0.2, 0.25) is 5.91 Å². The quantitative estimate of drug-likeness (QED) is 0.760. The van der Waals surface area contributed by atoms with Gasteiger partial charge in [-0.3, -0.25) is 4.79 Å². The monoisotopic (exact) mass is 428 g/mol. The van der Waals surface area contributed by atoms with Gasteiger partial charge in [-0.25, -0.2) is 0 Å². The van der Waals surface area contributed by atoms with Crippen molar-refractivity contribution in [2.24, 2.45) is 22.0 Å². The number of nitrogens with one attached hydrogen (secondary N) is 1. The van der Waals surface area contributed by atoms with E-state index in [1.165, 1.54) is 0 Å². The first-order valence-corrected chi connectivity index (χ1v) is 10.8. The summed E-state index contributed by atoms with van der Waals surface area (Å²) in [5.41, 5.74) is 6.09. The van der Waals surface area contributed by atoms with Gasteiger partial charge in [-0.1, -0.05) is 26.0 Å². The van der Waals surface area contributed by atoms with Gasteiger partial charge in [-0.05, 0) is 37.8 Å². The molecule has 1 aromatic carbocycles. The molecule has 0 aromatic heterocycles. The van der Waals surface area contributed by atoms with Gasteiger partial charge in [-0.2, -0.15) is 8.42 Å². The van der Waals surface area contributed by atoms with Crippen molar-refractivity contribution in [2.75, 3.05) is 19.6 Å². The van der Waals surface area contributed by atoms with Crippen LogP contribution < -0.4 is 11.1 Å². The molecule has 1 amide bonds. The van der Waals surface area contributed by atoms with E-state index in [4.69, 9.17) is 5.73 Å². The SMILES string of the molecule is CC(C)C(C)(CN)NC(=O)C1CCN(C2=NS(=O)(=O)c3ccccc32)CC1.Cl. The third-order valence-corrected chi connectivity index (χ3v) is 7.21. The summed E-state index contributed by atoms with van der Waals surface area (Å²) in [5, 5.41) is 3.12. The van der Waals surface area contributed by atoms with Crippen molar-refractivity contribution in [3.8, 4) is 0 Å². The summed E-state index contributed by atoms with van der Waals surface area (Å²) in [6, 6.07) is 6.89. The molecule has 1 fully saturated rings. The topological polar surface area (TPSA) is 105 Å². The molecular weight excluding hydrogens is 400 g/mol. The molecule has 2 aliphatic rings. The molecule has 9 heteroatoms. The van der Waals surface area contributed by atoms with Gasteiger partial charge in [0.15, 0.2) is 5.84 Å². The van der Waals surface area contributed by atoms with Crippen LogP contribution in [0.1, 0.15) is 39.2 Å². The summed E-state index contributed by atoms with van der Waals surface area (Å²) in [5.74, 6) is 0.664. The normalized spacial score (nSPS) is 20.8. The summed E-state index contributed by atoms with van der Waals surface area (Å²) < 4.78 is 28.5. The number of piperidine rings is 1. The second-order valence-corrected chi connectivity index (χ2v) is 9.49. The summed E-state index contributed by atoms with van der Waals surface area (Å²) in [4.78, 5) is 14.9. The van der Waals surface area contributed by atoms with E-state index in [1.807, 2.05) is 31.7 Å². The molecule has 0 radical (unpaired) electrons. The molecule has 0 spiro atoms. The molecule has 7 nitrogen and oxygen atoms in total. The van der Waals surface area contributed by atoms with Gasteiger partial charge < -0.3 is 16.0 Å². The van der Waals surface area contributed by atoms with Crippen molar-refractivity contribution in [3.05, 3.63) is 29.8 Å². The zero-order chi connectivity index (χ0) is 19.8. The van der Waals surface area contributed by atoms with Gasteiger partial charge in [-0.15, -0.1) is 16.8 Å². The number of carbonyl (C=O) groups excluding carboxylic acids is 1. The Kier molecular flexibility index (Phi) is 6.78. The maximum atomic E-state index is 12.7. The van der Waals surface area contributed by atoms with Gasteiger partial charge in [0, 0.05) is 31.1 Å². The highest BCUT2D eigenvalue weighted by molar-refractivity contribution is 7.90. The van der Waals surface area contributed by atoms with Crippen molar-refractivity contribution in [1.82, 2.24) is 10.2 Å². The van der Waals surface area contributed by atoms with E-state index in [9.17, 15) is 13.2 Å². The molecular formula is C19H29ClN4O3S. The fraction of sp³-hybridized carbons (Fsp3) is 0.579. The third kappa shape index (κ3) is 4.18. The molecule has 1 unspecified atom stereocenters. The molecule has 2 heterocycles. The fourth-order valence-electron chi connectivity index (χ4n) is 3.48. The van der Waals surface area contributed by atoms with Gasteiger partial charge in [0.05, 0.1) is 5.54 Å². The van der Waals surface area contributed by atoms with Crippen LogP contribution in [0, 0.1) is 11.8 Å². The Morgan fingerprint density at radius 1 is 1.32 bits per heavy atom. The molecule has 0 bridgehead atoms. The minimum Gasteiger partial charge on any atom is -0.355 e. The molecule has 28 heavy (non-hydrogen) atoms. The average Bonchev–Trinajstić information content (AvgIpc) is 2.93. The van der Waals surface area contributed by atoms with E-state index in [2.05, 4.69) is 9.71 Å². The first-order valence-electron chi connectivity index (χ1n) is 9.39. The van der Waals surface area contributed by atoms with E-state index in [-0.39, 0.29) is 35.0 Å². The molecule has 3 rings (SSSR count). The number of halogens is 1. The van der Waals surface area contributed by atoms with Crippen LogP contribution in [0.5, 0.6) is 0 Å². The highest BCUT2D eigenvalue weighted by atomic mass is 35.5. The molecule has 1 saturated heterocycles. The highest BCUT2D eigenvalue weighted by Crippen LogP contribution is 2.30. The van der Waals surface area contributed by atoms with Crippen molar-refractivity contribution in [1.29, 1.82) is 0 Å². The van der Waals surface area contributed by atoms with E-state index < -0.39 is 15.6 Å². The van der Waals surface area contributed by atoms with E-state index in [0.717, 1.165) is 0 Å². The Morgan fingerprint density at radius 2 is 1.93 bits per heavy atom. The summed E-state index contributed by atoms with van der Waals surface area (Å²) in [6.45, 7) is 7.65. The lowest BCUT2D eigenvalue weighted by Crippen LogP contribution is -2.57. The van der Waals surface area contributed by atoms with Crippen LogP contribution in [-0.2, 0) is 14.8 Å². The van der Waals surface area contributed by atoms with E-state index in [1.54, 1.807) is 18.2 Å². The number of carbonyl (C=O) groups is 1. The number of hydrogen-bond acceptors (Lipinski definition) is 5. The standard InChI is InChI=1S/C19H28N4O3S.ClH/c1-13(2)19(3,12-20)21-18(24)14-8-10-23(11-9-14)17-15-6-4-5-7-16(15)27(25,26)22-17;/h4-7,13-14H,8-12,20H2,1-3H3,(H,21,24);1H. The van der Waals surface area contributed by atoms with Crippen molar-refractivity contribution in [3.63, 3.8) is 0 Å². The second kappa shape index (κ2) is 8.39. The lowest BCUT2D eigenvalue weighted by Gasteiger charge is -2.37. The summed E-state index contributed by atoms with van der Waals surface area (Å²) in [7, 11) is -3.62. The molecule has 156 valence electrons. The maximum absolute atomic E-state index is 12.7. The number of benzene rings is 1. The van der Waals surface area contributed by atoms with Crippen molar-refractivity contribution in [2.45, 2.75) is 44.0 Å². The van der Waals surface area contributed by atoms with E-state index >= 15 is 0 Å². The Hall–Kier alpha value is -1.64. The first-order chi connectivity index (χ1) is 12.7. The zero-order valence-corrected chi connectivity index (χ0v) is 18.1. The molecule has 0 aliphatic carbocycles. The van der Waals surface area contributed by atoms with Crippen LogP contribution in [0.2, 0.25) is 0 Å². The number of nitrogens with zero attached hydrogens (tertiary/aromatic N) is 2. The molecule has 2 aliphatic heterocycles. The van der Waals surface area contributed by atoms with Gasteiger partial charge in [0.25, 0.3) is 10.0 Å². The molecule has 0 saturated carbocycles. The van der Waals surface area contributed by atoms with Crippen LogP contribution >= 0.6 is 12.4 Å². The summed E-state index contributed by atoms with van der Waals surface area (Å²) >= 11 is 0. The Morgan fingerprint density at radius 3 is 2.50 bits per heavy atom. The van der Waals surface area contributed by atoms with Crippen molar-refractivity contribution < 1.29 is 13.2 Å². The second-order valence-electron chi connectivity index (χ2n) is 7.91. The van der Waals surface area contributed by atoms with Crippen LogP contribution in [0.15, 0.2) is 33.6 Å².